The van der Waals surface area contributed by atoms with E-state index in [9.17, 15) is 18.8 Å². The number of anilines is 1. The number of amides is 4. The Morgan fingerprint density at radius 3 is 2.54 bits per heavy atom. The molecule has 1 fully saturated rings. The number of rotatable bonds is 7. The van der Waals surface area contributed by atoms with Gasteiger partial charge >= 0.3 is 6.03 Å². The quantitative estimate of drug-likeness (QED) is 0.292. The predicted molar refractivity (Wildman–Crippen MR) is 137 cm³/mol. The predicted octanol–water partition coefficient (Wildman–Crippen LogP) is 4.37. The molecule has 9 heteroatoms. The molecular weight excluding hydrogens is 475 g/mol. The Morgan fingerprint density at radius 1 is 1.03 bits per heavy atom. The summed E-state index contributed by atoms with van der Waals surface area (Å²) < 4.78 is 20.5. The molecule has 186 valence electrons. The van der Waals surface area contributed by atoms with Gasteiger partial charge in [-0.1, -0.05) is 42.5 Å². The Morgan fingerprint density at radius 2 is 1.76 bits per heavy atom. The molecule has 0 aliphatic carbocycles. The normalized spacial score (nSPS) is 14.3. The number of carbonyl (C=O) groups is 3. The Kier molecular flexibility index (Phi) is 6.42. The van der Waals surface area contributed by atoms with Crippen molar-refractivity contribution < 1.29 is 23.5 Å². The SMILES string of the molecule is COc1ccccc1NC(=O)CN1C(=O)N/C(=C/c2cn(Cc3ccc(F)cc3)c3ccccc23)C1=O. The molecule has 8 nitrogen and oxygen atoms in total. The molecule has 0 unspecified atom stereocenters. The number of hydrogen-bond donors (Lipinski definition) is 2. The van der Waals surface area contributed by atoms with Crippen LogP contribution in [0.3, 0.4) is 0 Å². The monoisotopic (exact) mass is 498 g/mol. The zero-order chi connectivity index (χ0) is 25.9. The van der Waals surface area contributed by atoms with Gasteiger partial charge in [0.1, 0.15) is 23.8 Å². The summed E-state index contributed by atoms with van der Waals surface area (Å²) in [5.41, 5.74) is 3.07. The lowest BCUT2D eigenvalue weighted by Gasteiger charge is -2.13. The molecule has 5 rings (SSSR count). The maximum Gasteiger partial charge on any atom is 0.329 e. The van der Waals surface area contributed by atoms with Crippen LogP contribution in [0.1, 0.15) is 11.1 Å². The average molecular weight is 499 g/mol. The van der Waals surface area contributed by atoms with Gasteiger partial charge in [-0.25, -0.2) is 14.1 Å². The number of aromatic nitrogens is 1. The van der Waals surface area contributed by atoms with Gasteiger partial charge in [0.05, 0.1) is 12.8 Å². The molecule has 0 spiro atoms. The molecule has 4 aromatic rings. The van der Waals surface area contributed by atoms with Crippen LogP contribution in [-0.4, -0.2) is 41.0 Å². The summed E-state index contributed by atoms with van der Waals surface area (Å²) in [6.07, 6.45) is 3.47. The first-order valence-corrected chi connectivity index (χ1v) is 11.5. The summed E-state index contributed by atoms with van der Waals surface area (Å²) in [6.45, 7) is 0.0475. The minimum absolute atomic E-state index is 0.0692. The number of ether oxygens (including phenoxy) is 1. The topological polar surface area (TPSA) is 92.7 Å². The molecule has 3 aromatic carbocycles. The van der Waals surface area contributed by atoms with E-state index in [1.165, 1.54) is 19.2 Å². The van der Waals surface area contributed by atoms with E-state index >= 15 is 0 Å². The van der Waals surface area contributed by atoms with Crippen LogP contribution in [0.4, 0.5) is 14.9 Å². The third kappa shape index (κ3) is 4.92. The first kappa shape index (κ1) is 23.8. The summed E-state index contributed by atoms with van der Waals surface area (Å²) in [5.74, 6) is -0.977. The van der Waals surface area contributed by atoms with Gasteiger partial charge in [-0.05, 0) is 42.0 Å². The van der Waals surface area contributed by atoms with Gasteiger partial charge < -0.3 is 19.9 Å². The van der Waals surface area contributed by atoms with Gasteiger partial charge in [-0.3, -0.25) is 9.59 Å². The van der Waals surface area contributed by atoms with Crippen molar-refractivity contribution in [2.75, 3.05) is 19.0 Å². The van der Waals surface area contributed by atoms with Gasteiger partial charge in [0.25, 0.3) is 5.91 Å². The Balaban J connectivity index is 1.37. The number of nitrogens with one attached hydrogen (secondary N) is 2. The van der Waals surface area contributed by atoms with Gasteiger partial charge in [0.15, 0.2) is 0 Å². The van der Waals surface area contributed by atoms with E-state index in [0.29, 0.717) is 18.0 Å². The zero-order valence-corrected chi connectivity index (χ0v) is 19.9. The van der Waals surface area contributed by atoms with Crippen LogP contribution in [0, 0.1) is 5.82 Å². The molecule has 0 radical (unpaired) electrons. The van der Waals surface area contributed by atoms with E-state index in [1.807, 2.05) is 35.0 Å². The minimum atomic E-state index is -0.679. The van der Waals surface area contributed by atoms with Gasteiger partial charge in [0.2, 0.25) is 5.91 Å². The number of imide groups is 1. The number of halogens is 1. The van der Waals surface area contributed by atoms with Crippen LogP contribution >= 0.6 is 0 Å². The van der Waals surface area contributed by atoms with Crippen LogP contribution in [0.15, 0.2) is 84.7 Å². The maximum atomic E-state index is 13.3. The van der Waals surface area contributed by atoms with Crippen molar-refractivity contribution in [3.8, 4) is 5.75 Å². The van der Waals surface area contributed by atoms with Crippen molar-refractivity contribution in [3.05, 3.63) is 102 Å². The van der Waals surface area contributed by atoms with E-state index in [0.717, 1.165) is 26.9 Å². The molecule has 1 aromatic heterocycles. The number of urea groups is 1. The Hall–Kier alpha value is -4.92. The largest absolute Gasteiger partial charge is 0.495 e. The fourth-order valence-corrected chi connectivity index (χ4v) is 4.26. The third-order valence-corrected chi connectivity index (χ3v) is 6.03. The second-order valence-corrected chi connectivity index (χ2v) is 8.48. The maximum absolute atomic E-state index is 13.3. The second kappa shape index (κ2) is 9.98. The number of methoxy groups -OCH3 is 1. The highest BCUT2D eigenvalue weighted by molar-refractivity contribution is 6.16. The van der Waals surface area contributed by atoms with Crippen molar-refractivity contribution in [3.63, 3.8) is 0 Å². The highest BCUT2D eigenvalue weighted by Gasteiger charge is 2.35. The van der Waals surface area contributed by atoms with Crippen molar-refractivity contribution in [2.45, 2.75) is 6.54 Å². The van der Waals surface area contributed by atoms with E-state index in [1.54, 1.807) is 42.5 Å². The number of fused-ring (bicyclic) bond motifs is 1. The molecular formula is C28H23FN4O4. The average Bonchev–Trinajstić information content (AvgIpc) is 3.37. The number of hydrogen-bond acceptors (Lipinski definition) is 4. The fraction of sp³-hybridized carbons (Fsp3) is 0.107. The zero-order valence-electron chi connectivity index (χ0n) is 19.9. The number of carbonyl (C=O) groups excluding carboxylic acids is 3. The smallest absolute Gasteiger partial charge is 0.329 e. The standard InChI is InChI=1S/C28H23FN4O4/c1-37-25-9-5-3-7-22(25)30-26(34)17-33-27(35)23(31-28(33)36)14-19-16-32(24-8-4-2-6-21(19)24)15-18-10-12-20(29)13-11-18/h2-14,16H,15,17H2,1H3,(H,30,34)(H,31,36)/b23-14+. The molecule has 4 amide bonds. The summed E-state index contributed by atoms with van der Waals surface area (Å²) in [4.78, 5) is 39.0. The number of nitrogens with zero attached hydrogens (tertiary/aromatic N) is 2. The molecule has 1 aliphatic heterocycles. The van der Waals surface area contributed by atoms with Crippen LogP contribution in [0.5, 0.6) is 5.75 Å². The highest BCUT2D eigenvalue weighted by atomic mass is 19.1. The van der Waals surface area contributed by atoms with Crippen LogP contribution in [0.2, 0.25) is 0 Å². The molecule has 2 N–H and O–H groups in total. The Bertz CT molecular complexity index is 1540. The Labute approximate surface area is 211 Å². The first-order valence-electron chi connectivity index (χ1n) is 11.5. The molecule has 1 saturated heterocycles. The fourth-order valence-electron chi connectivity index (χ4n) is 4.26. The summed E-state index contributed by atoms with van der Waals surface area (Å²) in [6, 6.07) is 20.1. The summed E-state index contributed by atoms with van der Waals surface area (Å²) >= 11 is 0. The number of para-hydroxylation sites is 3. The summed E-state index contributed by atoms with van der Waals surface area (Å²) in [5, 5.41) is 6.11. The van der Waals surface area contributed by atoms with Crippen molar-refractivity contribution >= 4 is 40.5 Å². The lowest BCUT2D eigenvalue weighted by atomic mass is 10.1. The summed E-state index contributed by atoms with van der Waals surface area (Å²) in [7, 11) is 1.48. The van der Waals surface area contributed by atoms with Crippen LogP contribution in [-0.2, 0) is 16.1 Å². The third-order valence-electron chi connectivity index (χ3n) is 6.03. The van der Waals surface area contributed by atoms with Crippen LogP contribution < -0.4 is 15.4 Å². The molecule has 0 bridgehead atoms. The molecule has 1 aliphatic rings. The van der Waals surface area contributed by atoms with Crippen molar-refractivity contribution in [1.29, 1.82) is 0 Å². The van der Waals surface area contributed by atoms with E-state index < -0.39 is 24.4 Å². The highest BCUT2D eigenvalue weighted by Crippen LogP contribution is 2.26. The molecule has 37 heavy (non-hydrogen) atoms. The molecule has 0 atom stereocenters. The van der Waals surface area contributed by atoms with Gasteiger partial charge in [-0.15, -0.1) is 0 Å². The number of benzene rings is 3. The van der Waals surface area contributed by atoms with E-state index in [2.05, 4.69) is 10.6 Å². The molecule has 0 saturated carbocycles. The van der Waals surface area contributed by atoms with Gasteiger partial charge in [0, 0.05) is 29.2 Å². The van der Waals surface area contributed by atoms with E-state index in [4.69, 9.17) is 4.74 Å². The van der Waals surface area contributed by atoms with Crippen molar-refractivity contribution in [1.82, 2.24) is 14.8 Å². The molecule has 2 heterocycles. The minimum Gasteiger partial charge on any atom is -0.495 e. The van der Waals surface area contributed by atoms with Gasteiger partial charge in [-0.2, -0.15) is 0 Å². The lowest BCUT2D eigenvalue weighted by Crippen LogP contribution is -2.38. The lowest BCUT2D eigenvalue weighted by molar-refractivity contribution is -0.127. The van der Waals surface area contributed by atoms with Crippen LogP contribution in [0.25, 0.3) is 17.0 Å². The first-order chi connectivity index (χ1) is 17.9. The van der Waals surface area contributed by atoms with E-state index in [-0.39, 0.29) is 11.5 Å². The van der Waals surface area contributed by atoms with Crippen molar-refractivity contribution in [2.24, 2.45) is 0 Å². The second-order valence-electron chi connectivity index (χ2n) is 8.48.